The summed E-state index contributed by atoms with van der Waals surface area (Å²) in [7, 11) is 0. The molecule has 2 heterocycles. The Balaban J connectivity index is 1.61. The molecule has 2 N–H and O–H groups in total. The minimum atomic E-state index is -0.944. The molecule has 1 aromatic carbocycles. The van der Waals surface area contributed by atoms with Gasteiger partial charge < -0.3 is 20.2 Å². The van der Waals surface area contributed by atoms with Crippen LogP contribution < -0.4 is 5.32 Å². The fourth-order valence-electron chi connectivity index (χ4n) is 6.42. The van der Waals surface area contributed by atoms with Gasteiger partial charge in [0, 0.05) is 25.2 Å². The van der Waals surface area contributed by atoms with E-state index in [0.717, 1.165) is 70.0 Å². The minimum Gasteiger partial charge on any atom is -0.481 e. The number of carboxylic acids is 1. The van der Waals surface area contributed by atoms with Crippen LogP contribution in [0, 0.1) is 11.8 Å². The number of rotatable bonds is 9. The summed E-state index contributed by atoms with van der Waals surface area (Å²) in [6, 6.07) is 7.35. The zero-order chi connectivity index (χ0) is 27.3. The maximum atomic E-state index is 14.2. The summed E-state index contributed by atoms with van der Waals surface area (Å²) in [6.45, 7) is 8.62. The zero-order valence-electron chi connectivity index (χ0n) is 23.2. The highest BCUT2D eigenvalue weighted by Gasteiger charge is 2.52. The van der Waals surface area contributed by atoms with Crippen LogP contribution >= 0.6 is 0 Å². The van der Waals surface area contributed by atoms with Crippen LogP contribution in [-0.4, -0.2) is 63.8 Å². The van der Waals surface area contributed by atoms with Gasteiger partial charge in [0.2, 0.25) is 0 Å². The van der Waals surface area contributed by atoms with E-state index in [2.05, 4.69) is 35.9 Å². The van der Waals surface area contributed by atoms with Crippen LogP contribution in [0.15, 0.2) is 29.3 Å². The summed E-state index contributed by atoms with van der Waals surface area (Å²) in [6.07, 6.45) is 8.98. The number of nitrogens with one attached hydrogen (secondary N) is 1. The van der Waals surface area contributed by atoms with Gasteiger partial charge in [-0.1, -0.05) is 39.3 Å². The topological polar surface area (TPSA) is 102 Å². The number of carbonyl (C=O) groups is 3. The molecule has 0 bridgehead atoms. The van der Waals surface area contributed by atoms with Crippen molar-refractivity contribution in [3.8, 4) is 0 Å². The summed E-state index contributed by atoms with van der Waals surface area (Å²) in [5.41, 5.74) is 1.00. The summed E-state index contributed by atoms with van der Waals surface area (Å²) in [5, 5.41) is 11.5. The second-order valence-corrected chi connectivity index (χ2v) is 11.5. The van der Waals surface area contributed by atoms with E-state index < -0.39 is 11.6 Å². The van der Waals surface area contributed by atoms with Crippen LogP contribution in [0.2, 0.25) is 0 Å². The first-order valence-corrected chi connectivity index (χ1v) is 14.5. The highest BCUT2D eigenvalue weighted by Crippen LogP contribution is 2.47. The smallest absolute Gasteiger partial charge is 0.305 e. The van der Waals surface area contributed by atoms with Crippen LogP contribution in [0.4, 0.5) is 0 Å². The maximum Gasteiger partial charge on any atom is 0.305 e. The van der Waals surface area contributed by atoms with Crippen molar-refractivity contribution in [3.05, 3.63) is 35.4 Å². The summed E-state index contributed by atoms with van der Waals surface area (Å²) < 4.78 is 0. The molecule has 1 aromatic rings. The predicted molar refractivity (Wildman–Crippen MR) is 148 cm³/mol. The van der Waals surface area contributed by atoms with Gasteiger partial charge in [0.1, 0.15) is 5.66 Å². The largest absolute Gasteiger partial charge is 0.481 e. The number of amides is 2. The Kier molecular flexibility index (Phi) is 9.11. The highest BCUT2D eigenvalue weighted by molar-refractivity contribution is 6.39. The number of piperidine rings is 1. The van der Waals surface area contributed by atoms with E-state index in [0.29, 0.717) is 23.2 Å². The van der Waals surface area contributed by atoms with E-state index in [4.69, 9.17) is 10.1 Å². The first kappa shape index (κ1) is 28.1. The average Bonchev–Trinajstić information content (AvgIpc) is 3.19. The third-order valence-electron chi connectivity index (χ3n) is 8.66. The third-order valence-corrected chi connectivity index (χ3v) is 8.66. The van der Waals surface area contributed by atoms with Crippen molar-refractivity contribution in [2.24, 2.45) is 16.8 Å². The molecule has 0 radical (unpaired) electrons. The summed E-state index contributed by atoms with van der Waals surface area (Å²) in [4.78, 5) is 47.0. The van der Waals surface area contributed by atoms with Crippen LogP contribution in [-0.2, 0) is 9.59 Å². The second kappa shape index (κ2) is 12.3. The van der Waals surface area contributed by atoms with Crippen molar-refractivity contribution in [1.29, 1.82) is 0 Å². The number of nitrogens with zero attached hydrogens (tertiary/aromatic N) is 3. The molecule has 1 spiro atoms. The van der Waals surface area contributed by atoms with Gasteiger partial charge in [0.25, 0.3) is 11.8 Å². The van der Waals surface area contributed by atoms with Crippen LogP contribution in [0.5, 0.6) is 0 Å². The van der Waals surface area contributed by atoms with Gasteiger partial charge in [-0.05, 0) is 80.9 Å². The highest BCUT2D eigenvalue weighted by atomic mass is 16.4. The van der Waals surface area contributed by atoms with Crippen LogP contribution in [0.25, 0.3) is 0 Å². The zero-order valence-corrected chi connectivity index (χ0v) is 23.2. The summed E-state index contributed by atoms with van der Waals surface area (Å²) >= 11 is 0. The van der Waals surface area contributed by atoms with Crippen molar-refractivity contribution >= 4 is 23.6 Å². The Morgan fingerprint density at radius 1 is 1.11 bits per heavy atom. The number of carbonyl (C=O) groups excluding carboxylic acids is 2. The molecule has 1 atom stereocenters. The van der Waals surface area contributed by atoms with Gasteiger partial charge in [0.05, 0.1) is 12.5 Å². The quantitative estimate of drug-likeness (QED) is 0.473. The molecule has 208 valence electrons. The standard InChI is InChI=1S/C30H44N4O4/c1-4-8-25(23-9-11-24(12-10-23)28(37)31-18-15-26(35)36)34-29(38)27(33-19-6-5-7-20-33)32-30(34)16-13-22(14-17-30)21(2)3/h9-12,21-22,25H,4-8,13-20H2,1-3H3,(H,31,37)(H,35,36)/t22?,25-,30?/m1/s1. The van der Waals surface area contributed by atoms with E-state index in [1.165, 1.54) is 6.42 Å². The molecule has 0 unspecified atom stereocenters. The normalized spacial score (nSPS) is 24.6. The molecule has 2 amide bonds. The van der Waals surface area contributed by atoms with Gasteiger partial charge in [-0.15, -0.1) is 0 Å². The second-order valence-electron chi connectivity index (χ2n) is 11.5. The van der Waals surface area contributed by atoms with E-state index in [-0.39, 0.29) is 30.8 Å². The van der Waals surface area contributed by atoms with E-state index in [9.17, 15) is 14.4 Å². The molecular weight excluding hydrogens is 480 g/mol. The molecule has 2 fully saturated rings. The Hall–Kier alpha value is -2.90. The van der Waals surface area contributed by atoms with Crippen molar-refractivity contribution in [1.82, 2.24) is 15.1 Å². The third kappa shape index (κ3) is 6.05. The Bertz CT molecular complexity index is 1020. The molecule has 1 saturated carbocycles. The fourth-order valence-corrected chi connectivity index (χ4v) is 6.42. The fraction of sp³-hybridized carbons (Fsp3) is 0.667. The molecule has 8 heteroatoms. The molecule has 38 heavy (non-hydrogen) atoms. The lowest BCUT2D eigenvalue weighted by Crippen LogP contribution is -2.52. The van der Waals surface area contributed by atoms with E-state index >= 15 is 0 Å². The van der Waals surface area contributed by atoms with Crippen molar-refractivity contribution < 1.29 is 19.5 Å². The number of hydrogen-bond donors (Lipinski definition) is 2. The molecular formula is C30H44N4O4. The molecule has 2 aliphatic heterocycles. The van der Waals surface area contributed by atoms with Gasteiger partial charge in [-0.2, -0.15) is 0 Å². The first-order chi connectivity index (χ1) is 18.3. The lowest BCUT2D eigenvalue weighted by atomic mass is 9.76. The van der Waals surface area contributed by atoms with E-state index in [1.807, 2.05) is 12.1 Å². The maximum absolute atomic E-state index is 14.2. The van der Waals surface area contributed by atoms with E-state index in [1.54, 1.807) is 12.1 Å². The number of amidine groups is 1. The number of likely N-dealkylation sites (tertiary alicyclic amines) is 1. The minimum absolute atomic E-state index is 0.0591. The SMILES string of the molecule is CCC[C@H](c1ccc(C(=O)NCCC(=O)O)cc1)N1C(=O)C(N2CCCCC2)=NC12CCC(C(C)C)CC2. The molecule has 1 saturated heterocycles. The molecule has 1 aliphatic carbocycles. The lowest BCUT2D eigenvalue weighted by molar-refractivity contribution is -0.137. The number of hydrogen-bond acceptors (Lipinski definition) is 5. The van der Waals surface area contributed by atoms with Gasteiger partial charge >= 0.3 is 5.97 Å². The van der Waals surface area contributed by atoms with Gasteiger partial charge in [0.15, 0.2) is 5.84 Å². The van der Waals surface area contributed by atoms with Crippen molar-refractivity contribution in [2.45, 2.75) is 96.7 Å². The molecule has 3 aliphatic rings. The van der Waals surface area contributed by atoms with Crippen molar-refractivity contribution in [3.63, 3.8) is 0 Å². The number of carboxylic acid groups (broad SMARTS) is 1. The first-order valence-electron chi connectivity index (χ1n) is 14.5. The Morgan fingerprint density at radius 2 is 1.76 bits per heavy atom. The van der Waals surface area contributed by atoms with Gasteiger partial charge in [-0.3, -0.25) is 14.4 Å². The Labute approximate surface area is 226 Å². The predicted octanol–water partition coefficient (Wildman–Crippen LogP) is 5.00. The monoisotopic (exact) mass is 524 g/mol. The number of aliphatic carboxylic acids is 1. The number of benzene rings is 1. The van der Waals surface area contributed by atoms with Crippen LogP contribution in [0.1, 0.15) is 107 Å². The van der Waals surface area contributed by atoms with Gasteiger partial charge in [-0.25, -0.2) is 4.99 Å². The lowest BCUT2D eigenvalue weighted by Gasteiger charge is -2.46. The molecule has 4 rings (SSSR count). The average molecular weight is 525 g/mol. The molecule has 0 aromatic heterocycles. The number of aliphatic imine (C=N–C) groups is 1. The molecule has 8 nitrogen and oxygen atoms in total. The Morgan fingerprint density at radius 3 is 2.34 bits per heavy atom. The van der Waals surface area contributed by atoms with Crippen molar-refractivity contribution in [2.75, 3.05) is 19.6 Å². The summed E-state index contributed by atoms with van der Waals surface area (Å²) in [5.74, 6) is 0.772. The van der Waals surface area contributed by atoms with Crippen LogP contribution in [0.3, 0.4) is 0 Å².